The van der Waals surface area contributed by atoms with Gasteiger partial charge in [0, 0.05) is 44.5 Å². The molecule has 5 heterocycles. The minimum atomic E-state index is 0.886. The number of H-pyrrole nitrogens is 1. The minimum Gasteiger partial charge on any atom is -0.447 e. The van der Waals surface area contributed by atoms with Crippen LogP contribution in [-0.2, 0) is 0 Å². The van der Waals surface area contributed by atoms with E-state index in [2.05, 4.69) is 92.9 Å². The van der Waals surface area contributed by atoms with Gasteiger partial charge in [0.15, 0.2) is 0 Å². The number of para-hydroxylation sites is 1. The van der Waals surface area contributed by atoms with Gasteiger partial charge in [0.25, 0.3) is 0 Å². The highest BCUT2D eigenvalue weighted by atomic mass is 16.3. The number of hydrogen-bond donors (Lipinski definition) is 1. The van der Waals surface area contributed by atoms with Crippen LogP contribution < -0.4 is 0 Å². The maximum absolute atomic E-state index is 6.11. The van der Waals surface area contributed by atoms with Crippen molar-refractivity contribution in [2.24, 2.45) is 0 Å². The molecule has 4 heteroatoms. The molecule has 8 aromatic rings. The Hall–Kier alpha value is -4.18. The third-order valence-electron chi connectivity index (χ3n) is 6.52. The van der Waals surface area contributed by atoms with Gasteiger partial charge in [-0.25, -0.2) is 0 Å². The van der Waals surface area contributed by atoms with Crippen LogP contribution in [0.15, 0.2) is 89.7 Å². The molecule has 0 spiro atoms. The van der Waals surface area contributed by atoms with E-state index in [-0.39, 0.29) is 0 Å². The predicted molar refractivity (Wildman–Crippen MR) is 122 cm³/mol. The number of furan rings is 1. The maximum Gasteiger partial charge on any atom is 0.212 e. The van der Waals surface area contributed by atoms with Crippen LogP contribution in [0.5, 0.6) is 0 Å². The molecule has 0 unspecified atom stereocenters. The van der Waals surface area contributed by atoms with E-state index in [0.717, 1.165) is 33.3 Å². The zero-order chi connectivity index (χ0) is 19.4. The van der Waals surface area contributed by atoms with Gasteiger partial charge in [0.05, 0.1) is 22.8 Å². The molecule has 30 heavy (non-hydrogen) atoms. The number of aromatic nitrogens is 3. The summed E-state index contributed by atoms with van der Waals surface area (Å²) >= 11 is 0. The Morgan fingerprint density at radius 2 is 1.57 bits per heavy atom. The summed E-state index contributed by atoms with van der Waals surface area (Å²) < 4.78 is 10.7. The van der Waals surface area contributed by atoms with Crippen LogP contribution in [0.25, 0.3) is 65.9 Å². The fourth-order valence-electron chi connectivity index (χ4n) is 5.35. The highest BCUT2D eigenvalue weighted by molar-refractivity contribution is 6.31. The first-order valence-corrected chi connectivity index (χ1v) is 10.1. The average Bonchev–Trinajstić information content (AvgIpc) is 3.53. The van der Waals surface area contributed by atoms with Crippen molar-refractivity contribution in [1.82, 2.24) is 14.0 Å². The van der Waals surface area contributed by atoms with Crippen LogP contribution in [0.4, 0.5) is 0 Å². The van der Waals surface area contributed by atoms with Crippen molar-refractivity contribution in [2.45, 2.75) is 0 Å². The minimum absolute atomic E-state index is 0.886. The molecule has 0 saturated carbocycles. The second-order valence-corrected chi connectivity index (χ2v) is 7.97. The topological polar surface area (TPSA) is 38.3 Å². The quantitative estimate of drug-likeness (QED) is 0.329. The van der Waals surface area contributed by atoms with Gasteiger partial charge >= 0.3 is 0 Å². The van der Waals surface area contributed by atoms with Gasteiger partial charge in [-0.05, 0) is 47.9 Å². The lowest BCUT2D eigenvalue weighted by Gasteiger charge is -2.04. The second-order valence-electron chi connectivity index (χ2n) is 7.97. The molecule has 0 amide bonds. The standard InChI is InChI=1S/C26H15N3O/c1-2-5-15(6-3-1)28-13-11-21-24(28)18-9-10-20-23-22-16(7-4-8-19(22)27-20)17-12-14-30-26(17)29(21)25(18)23/h1-14,27H. The summed E-state index contributed by atoms with van der Waals surface area (Å²) in [5.41, 5.74) is 7.92. The van der Waals surface area contributed by atoms with Gasteiger partial charge in [-0.2, -0.15) is 0 Å². The van der Waals surface area contributed by atoms with Crippen molar-refractivity contribution in [1.29, 1.82) is 0 Å². The van der Waals surface area contributed by atoms with Crippen molar-refractivity contribution < 1.29 is 4.42 Å². The van der Waals surface area contributed by atoms with Gasteiger partial charge in [-0.15, -0.1) is 0 Å². The zero-order valence-electron chi connectivity index (χ0n) is 15.9. The van der Waals surface area contributed by atoms with Crippen LogP contribution in [0.1, 0.15) is 0 Å². The van der Waals surface area contributed by atoms with Gasteiger partial charge in [-0.3, -0.25) is 4.40 Å². The molecular formula is C26H15N3O. The van der Waals surface area contributed by atoms with E-state index < -0.39 is 0 Å². The Kier molecular flexibility index (Phi) is 2.39. The summed E-state index contributed by atoms with van der Waals surface area (Å²) in [5, 5.41) is 6.11. The van der Waals surface area contributed by atoms with Crippen molar-refractivity contribution in [3.63, 3.8) is 0 Å². The summed E-state index contributed by atoms with van der Waals surface area (Å²) in [6, 6.07) is 25.7. The number of nitrogens with one attached hydrogen (secondary N) is 1. The summed E-state index contributed by atoms with van der Waals surface area (Å²) in [7, 11) is 0. The number of aromatic amines is 1. The maximum atomic E-state index is 6.11. The number of benzene rings is 3. The SMILES string of the molecule is c1ccc(-n2ccc3c2c2ccc4[nH]c5cccc6c7ccoc7n3c2c4c56)cc1. The van der Waals surface area contributed by atoms with Crippen molar-refractivity contribution in [3.8, 4) is 5.69 Å². The van der Waals surface area contributed by atoms with Crippen LogP contribution in [0, 0.1) is 0 Å². The fraction of sp³-hybridized carbons (Fsp3) is 0. The lowest BCUT2D eigenvalue weighted by atomic mass is 10.1. The smallest absolute Gasteiger partial charge is 0.212 e. The fourth-order valence-corrected chi connectivity index (χ4v) is 5.35. The molecule has 0 saturated heterocycles. The number of nitrogens with zero attached hydrogens (tertiary/aromatic N) is 2. The molecule has 0 atom stereocenters. The monoisotopic (exact) mass is 385 g/mol. The molecule has 1 N–H and O–H groups in total. The van der Waals surface area contributed by atoms with E-state index in [4.69, 9.17) is 4.42 Å². The molecular weight excluding hydrogens is 370 g/mol. The Morgan fingerprint density at radius 3 is 2.50 bits per heavy atom. The predicted octanol–water partition coefficient (Wildman–Crippen LogP) is 6.85. The Balaban J connectivity index is 1.77. The van der Waals surface area contributed by atoms with Gasteiger partial charge in [-0.1, -0.05) is 30.3 Å². The van der Waals surface area contributed by atoms with E-state index in [1.165, 1.54) is 32.6 Å². The highest BCUT2D eigenvalue weighted by Gasteiger charge is 2.22. The van der Waals surface area contributed by atoms with E-state index in [1.54, 1.807) is 6.26 Å². The molecule has 0 bridgehead atoms. The van der Waals surface area contributed by atoms with Crippen LogP contribution in [-0.4, -0.2) is 14.0 Å². The molecule has 0 radical (unpaired) electrons. The Morgan fingerprint density at radius 1 is 0.667 bits per heavy atom. The van der Waals surface area contributed by atoms with Crippen LogP contribution >= 0.6 is 0 Å². The third-order valence-corrected chi connectivity index (χ3v) is 6.52. The summed E-state index contributed by atoms with van der Waals surface area (Å²) in [4.78, 5) is 3.63. The number of rotatable bonds is 1. The van der Waals surface area contributed by atoms with E-state index in [9.17, 15) is 0 Å². The first-order valence-electron chi connectivity index (χ1n) is 10.1. The molecule has 0 aliphatic carbocycles. The molecule has 5 aromatic heterocycles. The molecule has 0 aliphatic heterocycles. The van der Waals surface area contributed by atoms with Gasteiger partial charge < -0.3 is 14.0 Å². The summed E-state index contributed by atoms with van der Waals surface area (Å²) in [6.45, 7) is 0. The lowest BCUT2D eigenvalue weighted by molar-refractivity contribution is 0.600. The molecule has 4 nitrogen and oxygen atoms in total. The van der Waals surface area contributed by atoms with Gasteiger partial charge in [0.2, 0.25) is 5.71 Å². The largest absolute Gasteiger partial charge is 0.447 e. The molecule has 8 rings (SSSR count). The first kappa shape index (κ1) is 14.8. The van der Waals surface area contributed by atoms with Crippen molar-refractivity contribution in [2.75, 3.05) is 0 Å². The second kappa shape index (κ2) is 4.86. The van der Waals surface area contributed by atoms with E-state index in [1.807, 2.05) is 0 Å². The van der Waals surface area contributed by atoms with E-state index in [0.29, 0.717) is 0 Å². The highest BCUT2D eigenvalue weighted by Crippen LogP contribution is 2.43. The third kappa shape index (κ3) is 1.54. The molecule has 0 fully saturated rings. The van der Waals surface area contributed by atoms with E-state index >= 15 is 0 Å². The Bertz CT molecular complexity index is 1890. The summed E-state index contributed by atoms with van der Waals surface area (Å²) in [5.74, 6) is 0. The van der Waals surface area contributed by atoms with Crippen molar-refractivity contribution in [3.05, 3.63) is 85.3 Å². The normalized spacial score (nSPS) is 12.7. The molecule has 0 aliphatic rings. The lowest BCUT2D eigenvalue weighted by Crippen LogP contribution is -1.90. The number of hydrogen-bond acceptors (Lipinski definition) is 1. The average molecular weight is 385 g/mol. The Labute approximate surface area is 169 Å². The van der Waals surface area contributed by atoms with Gasteiger partial charge in [0.1, 0.15) is 0 Å². The number of fused-ring (bicyclic) bond motifs is 6. The molecule has 140 valence electrons. The van der Waals surface area contributed by atoms with Crippen LogP contribution in [0.3, 0.4) is 0 Å². The van der Waals surface area contributed by atoms with Crippen LogP contribution in [0.2, 0.25) is 0 Å². The van der Waals surface area contributed by atoms with Crippen molar-refractivity contribution >= 4 is 60.2 Å². The zero-order valence-corrected chi connectivity index (χ0v) is 15.9. The molecule has 3 aromatic carbocycles. The first-order chi connectivity index (χ1) is 14.9. The summed E-state index contributed by atoms with van der Waals surface area (Å²) in [6.07, 6.45) is 3.95.